The summed E-state index contributed by atoms with van der Waals surface area (Å²) in [7, 11) is 1.58. The van der Waals surface area contributed by atoms with Gasteiger partial charge in [-0.1, -0.05) is 61.1 Å². The lowest BCUT2D eigenvalue weighted by Gasteiger charge is -2.10. The molecule has 4 rings (SSSR count). The Morgan fingerprint density at radius 3 is 2.66 bits per heavy atom. The summed E-state index contributed by atoms with van der Waals surface area (Å²) in [4.78, 5) is 29.7. The summed E-state index contributed by atoms with van der Waals surface area (Å²) < 4.78 is 12.8. The third-order valence-electron chi connectivity index (χ3n) is 4.91. The summed E-state index contributed by atoms with van der Waals surface area (Å²) >= 11 is 1.13. The Kier molecular flexibility index (Phi) is 6.61. The number of aromatic nitrogens is 3. The number of thiazole rings is 1. The quantitative estimate of drug-likeness (QED) is 0.385. The van der Waals surface area contributed by atoms with Gasteiger partial charge in [-0.2, -0.15) is 14.6 Å². The second-order valence-electron chi connectivity index (χ2n) is 7.25. The molecule has 2 aromatic heterocycles. The lowest BCUT2D eigenvalue weighted by atomic mass is 10.1. The Balaban J connectivity index is 1.69. The summed E-state index contributed by atoms with van der Waals surface area (Å²) in [6.07, 6.45) is 4.07. The number of hydrogen-bond acceptors (Lipinski definition) is 7. The fraction of sp³-hybridized carbons (Fsp3) is 0.250. The molecule has 0 aliphatic carbocycles. The summed E-state index contributed by atoms with van der Waals surface area (Å²) in [5, 5.41) is 4.30. The zero-order valence-electron chi connectivity index (χ0n) is 17.9. The smallest absolute Gasteiger partial charge is 0.296 e. The fourth-order valence-corrected chi connectivity index (χ4v) is 4.12. The Morgan fingerprint density at radius 1 is 1.09 bits per heavy atom. The van der Waals surface area contributed by atoms with Crippen LogP contribution in [0.2, 0.25) is 0 Å². The van der Waals surface area contributed by atoms with Crippen molar-refractivity contribution in [2.75, 3.05) is 13.7 Å². The molecular weight excluding hydrogens is 426 g/mol. The van der Waals surface area contributed by atoms with E-state index in [4.69, 9.17) is 9.47 Å². The highest BCUT2D eigenvalue weighted by Crippen LogP contribution is 2.28. The monoisotopic (exact) mass is 449 g/mol. The first-order chi connectivity index (χ1) is 15.6. The standard InChI is InChI=1S/C24H23N3O4S/c1-3-4-12-31-19-11-10-17(14-20(19)30-2)15-21-23(29)27-24(32-21)25-22(28)18(26-27)13-16-8-6-5-7-9-16/h5-11,14-15H,3-4,12-13H2,1-2H3/b21-15-. The molecule has 0 aliphatic rings. The molecule has 2 aromatic carbocycles. The van der Waals surface area contributed by atoms with Crippen molar-refractivity contribution in [3.8, 4) is 11.5 Å². The maximum absolute atomic E-state index is 12.9. The van der Waals surface area contributed by atoms with E-state index in [-0.39, 0.29) is 16.2 Å². The van der Waals surface area contributed by atoms with Gasteiger partial charge in [0.2, 0.25) is 4.96 Å². The van der Waals surface area contributed by atoms with Gasteiger partial charge < -0.3 is 9.47 Å². The average molecular weight is 450 g/mol. The van der Waals surface area contributed by atoms with Gasteiger partial charge in [0.1, 0.15) is 5.69 Å². The van der Waals surface area contributed by atoms with E-state index in [0.717, 1.165) is 35.3 Å². The normalized spacial score (nSPS) is 11.8. The second kappa shape index (κ2) is 9.74. The van der Waals surface area contributed by atoms with Gasteiger partial charge in [-0.05, 0) is 35.8 Å². The van der Waals surface area contributed by atoms with Crippen LogP contribution in [0.15, 0.2) is 58.1 Å². The molecule has 2 heterocycles. The van der Waals surface area contributed by atoms with E-state index in [1.54, 1.807) is 13.2 Å². The van der Waals surface area contributed by atoms with E-state index >= 15 is 0 Å². The van der Waals surface area contributed by atoms with Crippen LogP contribution in [0.25, 0.3) is 11.0 Å². The van der Waals surface area contributed by atoms with Gasteiger partial charge in [0.05, 0.1) is 18.2 Å². The Hall–Kier alpha value is -3.52. The van der Waals surface area contributed by atoms with Crippen LogP contribution < -0.4 is 25.1 Å². The van der Waals surface area contributed by atoms with Gasteiger partial charge in [-0.3, -0.25) is 9.59 Å². The zero-order chi connectivity index (χ0) is 22.5. The van der Waals surface area contributed by atoms with Crippen molar-refractivity contribution in [2.45, 2.75) is 26.2 Å². The summed E-state index contributed by atoms with van der Waals surface area (Å²) in [6, 6.07) is 15.0. The molecule has 0 bridgehead atoms. The first kappa shape index (κ1) is 21.7. The topological polar surface area (TPSA) is 82.8 Å². The van der Waals surface area contributed by atoms with Crippen LogP contribution in [-0.4, -0.2) is 28.3 Å². The van der Waals surface area contributed by atoms with E-state index in [2.05, 4.69) is 17.0 Å². The van der Waals surface area contributed by atoms with Crippen molar-refractivity contribution in [3.05, 3.63) is 90.6 Å². The van der Waals surface area contributed by atoms with E-state index in [1.807, 2.05) is 48.5 Å². The van der Waals surface area contributed by atoms with E-state index in [9.17, 15) is 9.59 Å². The molecule has 0 atom stereocenters. The number of nitrogens with zero attached hydrogens (tertiary/aromatic N) is 3. The first-order valence-electron chi connectivity index (χ1n) is 10.4. The molecule has 8 heteroatoms. The van der Waals surface area contributed by atoms with Crippen LogP contribution >= 0.6 is 11.3 Å². The molecule has 7 nitrogen and oxygen atoms in total. The van der Waals surface area contributed by atoms with Crippen LogP contribution in [-0.2, 0) is 6.42 Å². The molecule has 0 unspecified atom stereocenters. The molecule has 0 aliphatic heterocycles. The minimum absolute atomic E-state index is 0.241. The van der Waals surface area contributed by atoms with Crippen LogP contribution in [0, 0.1) is 0 Å². The molecule has 0 saturated heterocycles. The van der Waals surface area contributed by atoms with Crippen molar-refractivity contribution in [3.63, 3.8) is 0 Å². The SMILES string of the molecule is CCCCOc1ccc(/C=c2\sc3nc(=O)c(Cc4ccccc4)nn3c2=O)cc1OC. The molecular formula is C24H23N3O4S. The Labute approximate surface area is 188 Å². The molecule has 32 heavy (non-hydrogen) atoms. The predicted molar refractivity (Wildman–Crippen MR) is 125 cm³/mol. The highest BCUT2D eigenvalue weighted by molar-refractivity contribution is 7.15. The molecule has 0 amide bonds. The Bertz CT molecular complexity index is 1400. The van der Waals surface area contributed by atoms with Crippen molar-refractivity contribution >= 4 is 22.4 Å². The molecule has 164 valence electrons. The van der Waals surface area contributed by atoms with Gasteiger partial charge in [-0.15, -0.1) is 0 Å². The molecule has 4 aromatic rings. The number of fused-ring (bicyclic) bond motifs is 1. The summed E-state index contributed by atoms with van der Waals surface area (Å²) in [5.41, 5.74) is 1.22. The molecule has 0 saturated carbocycles. The molecule has 0 fully saturated rings. The minimum atomic E-state index is -0.420. The van der Waals surface area contributed by atoms with Gasteiger partial charge in [0.25, 0.3) is 11.1 Å². The average Bonchev–Trinajstić information content (AvgIpc) is 3.09. The molecule has 0 N–H and O–H groups in total. The van der Waals surface area contributed by atoms with Crippen molar-refractivity contribution in [1.29, 1.82) is 0 Å². The van der Waals surface area contributed by atoms with Crippen LogP contribution in [0.5, 0.6) is 11.5 Å². The van der Waals surface area contributed by atoms with Crippen LogP contribution in [0.3, 0.4) is 0 Å². The summed E-state index contributed by atoms with van der Waals surface area (Å²) in [6.45, 7) is 2.72. The predicted octanol–water partition coefficient (Wildman–Crippen LogP) is 2.84. The third kappa shape index (κ3) is 4.70. The van der Waals surface area contributed by atoms with Crippen molar-refractivity contribution < 1.29 is 9.47 Å². The first-order valence-corrected chi connectivity index (χ1v) is 11.2. The van der Waals surface area contributed by atoms with Crippen molar-refractivity contribution in [2.24, 2.45) is 0 Å². The number of ether oxygens (including phenoxy) is 2. The number of hydrogen-bond donors (Lipinski definition) is 0. The lowest BCUT2D eigenvalue weighted by molar-refractivity contribution is 0.288. The highest BCUT2D eigenvalue weighted by Gasteiger charge is 2.12. The number of rotatable bonds is 8. The lowest BCUT2D eigenvalue weighted by Crippen LogP contribution is -2.28. The van der Waals surface area contributed by atoms with E-state index < -0.39 is 5.56 Å². The van der Waals surface area contributed by atoms with Gasteiger partial charge in [0, 0.05) is 6.42 Å². The van der Waals surface area contributed by atoms with Crippen molar-refractivity contribution in [1.82, 2.24) is 14.6 Å². The van der Waals surface area contributed by atoms with Gasteiger partial charge in [-0.25, -0.2) is 0 Å². The number of methoxy groups -OCH3 is 1. The Morgan fingerprint density at radius 2 is 1.91 bits per heavy atom. The maximum atomic E-state index is 12.9. The molecule has 0 radical (unpaired) electrons. The zero-order valence-corrected chi connectivity index (χ0v) is 18.7. The van der Waals surface area contributed by atoms with Crippen LogP contribution in [0.1, 0.15) is 36.6 Å². The molecule has 0 spiro atoms. The third-order valence-corrected chi connectivity index (χ3v) is 5.86. The van der Waals surface area contributed by atoms with Gasteiger partial charge >= 0.3 is 0 Å². The number of benzene rings is 2. The van der Waals surface area contributed by atoms with Gasteiger partial charge in [0.15, 0.2) is 11.5 Å². The largest absolute Gasteiger partial charge is 0.493 e. The van der Waals surface area contributed by atoms with Crippen LogP contribution in [0.4, 0.5) is 0 Å². The minimum Gasteiger partial charge on any atom is -0.493 e. The fourth-order valence-electron chi connectivity index (χ4n) is 3.21. The van der Waals surface area contributed by atoms with E-state index in [0.29, 0.717) is 29.1 Å². The second-order valence-corrected chi connectivity index (χ2v) is 8.26. The highest BCUT2D eigenvalue weighted by atomic mass is 32.1. The number of unbranched alkanes of at least 4 members (excludes halogenated alkanes) is 1. The summed E-state index contributed by atoms with van der Waals surface area (Å²) in [5.74, 6) is 1.26. The maximum Gasteiger partial charge on any atom is 0.296 e. The van der Waals surface area contributed by atoms with E-state index in [1.165, 1.54) is 4.52 Å².